The molecule has 0 N–H and O–H groups in total. The molecule has 0 saturated heterocycles. The van der Waals surface area contributed by atoms with E-state index in [0.29, 0.717) is 5.89 Å². The van der Waals surface area contributed by atoms with E-state index in [2.05, 4.69) is 144 Å². The van der Waals surface area contributed by atoms with E-state index in [1.165, 1.54) is 21.9 Å². The van der Waals surface area contributed by atoms with Crippen LogP contribution in [0.25, 0.3) is 77.5 Å². The van der Waals surface area contributed by atoms with E-state index >= 15 is 0 Å². The van der Waals surface area contributed by atoms with Crippen LogP contribution in [0, 0.1) is 0 Å². The molecule has 0 fully saturated rings. The lowest BCUT2D eigenvalue weighted by Gasteiger charge is -2.26. The van der Waals surface area contributed by atoms with Gasteiger partial charge >= 0.3 is 0 Å². The van der Waals surface area contributed by atoms with Crippen LogP contribution in [-0.4, -0.2) is 4.98 Å². The van der Waals surface area contributed by atoms with E-state index in [9.17, 15) is 0 Å². The quantitative estimate of drug-likeness (QED) is 0.179. The molecule has 0 aliphatic rings. The highest BCUT2D eigenvalue weighted by Crippen LogP contribution is 2.40. The van der Waals surface area contributed by atoms with Crippen LogP contribution < -0.4 is 4.90 Å². The number of rotatable bonds is 6. The number of para-hydroxylation sites is 1. The number of aromatic nitrogens is 1. The van der Waals surface area contributed by atoms with Gasteiger partial charge in [-0.05, 0) is 106 Å². The smallest absolute Gasteiger partial charge is 0.227 e. The molecule has 51 heavy (non-hydrogen) atoms. The Morgan fingerprint density at radius 1 is 0.392 bits per heavy atom. The van der Waals surface area contributed by atoms with Gasteiger partial charge in [-0.25, -0.2) is 4.98 Å². The van der Waals surface area contributed by atoms with Crippen molar-refractivity contribution < 1.29 is 8.83 Å². The minimum Gasteiger partial charge on any atom is -0.456 e. The van der Waals surface area contributed by atoms with Crippen LogP contribution in [0.4, 0.5) is 17.1 Å². The molecule has 2 aromatic heterocycles. The van der Waals surface area contributed by atoms with Crippen molar-refractivity contribution in [3.05, 3.63) is 182 Å². The van der Waals surface area contributed by atoms with Crippen molar-refractivity contribution in [3.8, 4) is 33.7 Å². The summed E-state index contributed by atoms with van der Waals surface area (Å²) in [6.07, 6.45) is 0. The number of benzene rings is 8. The second-order valence-corrected chi connectivity index (χ2v) is 12.8. The third-order valence-corrected chi connectivity index (χ3v) is 9.71. The van der Waals surface area contributed by atoms with Gasteiger partial charge in [0.05, 0.1) is 5.39 Å². The Morgan fingerprint density at radius 3 is 1.80 bits per heavy atom. The maximum absolute atomic E-state index is 6.39. The molecule has 0 aliphatic heterocycles. The maximum atomic E-state index is 6.39. The third-order valence-electron chi connectivity index (χ3n) is 9.71. The Hall–Kier alpha value is -6.91. The third kappa shape index (κ3) is 5.04. The van der Waals surface area contributed by atoms with Gasteiger partial charge in [-0.2, -0.15) is 0 Å². The van der Waals surface area contributed by atoms with Crippen LogP contribution in [0.2, 0.25) is 0 Å². The predicted molar refractivity (Wildman–Crippen MR) is 210 cm³/mol. The Balaban J connectivity index is 0.995. The molecule has 4 nitrogen and oxygen atoms in total. The summed E-state index contributed by atoms with van der Waals surface area (Å²) < 4.78 is 12.5. The zero-order valence-corrected chi connectivity index (χ0v) is 27.5. The van der Waals surface area contributed by atoms with Crippen molar-refractivity contribution in [1.29, 1.82) is 0 Å². The molecular weight excluding hydrogens is 625 g/mol. The summed E-state index contributed by atoms with van der Waals surface area (Å²) in [4.78, 5) is 7.19. The average Bonchev–Trinajstić information content (AvgIpc) is 3.81. The zero-order valence-electron chi connectivity index (χ0n) is 27.5. The number of oxazole rings is 1. The molecule has 10 aromatic rings. The van der Waals surface area contributed by atoms with Crippen LogP contribution in [0.3, 0.4) is 0 Å². The van der Waals surface area contributed by atoms with Crippen molar-refractivity contribution >= 4 is 60.9 Å². The molecule has 0 aliphatic carbocycles. The molecule has 8 aromatic carbocycles. The van der Waals surface area contributed by atoms with Crippen molar-refractivity contribution in [2.24, 2.45) is 0 Å². The van der Waals surface area contributed by atoms with Gasteiger partial charge in [0.25, 0.3) is 0 Å². The first-order valence-corrected chi connectivity index (χ1v) is 17.1. The summed E-state index contributed by atoms with van der Waals surface area (Å²) in [6, 6.07) is 63.5. The fourth-order valence-electron chi connectivity index (χ4n) is 7.23. The second-order valence-electron chi connectivity index (χ2n) is 12.8. The normalized spacial score (nSPS) is 11.5. The van der Waals surface area contributed by atoms with Gasteiger partial charge in [0.2, 0.25) is 5.89 Å². The molecule has 2 heterocycles. The monoisotopic (exact) mass is 654 g/mol. The van der Waals surface area contributed by atoms with Crippen molar-refractivity contribution in [2.45, 2.75) is 0 Å². The number of fused-ring (bicyclic) bond motifs is 6. The molecule has 0 radical (unpaired) electrons. The minimum absolute atomic E-state index is 0.606. The minimum atomic E-state index is 0.606. The van der Waals surface area contributed by atoms with Crippen molar-refractivity contribution in [2.75, 3.05) is 4.90 Å². The molecule has 0 atom stereocenters. The fourth-order valence-corrected chi connectivity index (χ4v) is 7.23. The highest BCUT2D eigenvalue weighted by Gasteiger charge is 2.18. The number of hydrogen-bond donors (Lipinski definition) is 0. The predicted octanol–water partition coefficient (Wildman–Crippen LogP) is 13.4. The Bertz CT molecular complexity index is 2830. The molecule has 0 unspecified atom stereocenters. The number of hydrogen-bond acceptors (Lipinski definition) is 4. The number of furan rings is 1. The molecule has 0 bridgehead atoms. The van der Waals surface area contributed by atoms with Crippen LogP contribution in [0.1, 0.15) is 0 Å². The van der Waals surface area contributed by atoms with Crippen LogP contribution >= 0.6 is 0 Å². The van der Waals surface area contributed by atoms with Crippen LogP contribution in [0.15, 0.2) is 191 Å². The molecule has 240 valence electrons. The largest absolute Gasteiger partial charge is 0.456 e. The van der Waals surface area contributed by atoms with Gasteiger partial charge in [-0.1, -0.05) is 109 Å². The first-order valence-electron chi connectivity index (χ1n) is 17.1. The summed E-state index contributed by atoms with van der Waals surface area (Å²) in [6.45, 7) is 0. The van der Waals surface area contributed by atoms with E-state index in [0.717, 1.165) is 66.8 Å². The van der Waals surface area contributed by atoms with Gasteiger partial charge in [0.15, 0.2) is 5.58 Å². The van der Waals surface area contributed by atoms with Crippen molar-refractivity contribution in [3.63, 3.8) is 0 Å². The van der Waals surface area contributed by atoms with Gasteiger partial charge < -0.3 is 13.7 Å². The van der Waals surface area contributed by atoms with Gasteiger partial charge in [-0.15, -0.1) is 0 Å². The summed E-state index contributed by atoms with van der Waals surface area (Å²) in [5.74, 6) is 0.606. The van der Waals surface area contributed by atoms with Crippen LogP contribution in [0.5, 0.6) is 0 Å². The second kappa shape index (κ2) is 11.9. The zero-order chi connectivity index (χ0) is 33.7. The molecular formula is C47H30N2O2. The van der Waals surface area contributed by atoms with E-state index in [1.807, 2.05) is 42.5 Å². The first kappa shape index (κ1) is 29.0. The molecule has 4 heteroatoms. The fraction of sp³-hybridized carbons (Fsp3) is 0. The maximum Gasteiger partial charge on any atom is 0.227 e. The van der Waals surface area contributed by atoms with E-state index in [1.54, 1.807) is 0 Å². The van der Waals surface area contributed by atoms with Crippen LogP contribution in [-0.2, 0) is 0 Å². The van der Waals surface area contributed by atoms with Gasteiger partial charge in [-0.3, -0.25) is 0 Å². The topological polar surface area (TPSA) is 42.4 Å². The molecule has 10 rings (SSSR count). The lowest BCUT2D eigenvalue weighted by molar-refractivity contribution is 0.619. The average molecular weight is 655 g/mol. The Morgan fingerprint density at radius 2 is 1.02 bits per heavy atom. The van der Waals surface area contributed by atoms with E-state index in [-0.39, 0.29) is 0 Å². The molecule has 0 amide bonds. The SMILES string of the molecule is c1ccc(-c2nc3c(ccc4oc5cc(-c6ccc(N(c7ccccc7)c7ccc(-c8cccc9ccccc89)cc7)cc6)ccc5c43)o2)cc1. The summed E-state index contributed by atoms with van der Waals surface area (Å²) in [5.41, 5.74) is 12.0. The highest BCUT2D eigenvalue weighted by atomic mass is 16.4. The first-order chi connectivity index (χ1) is 25.3. The van der Waals surface area contributed by atoms with Crippen molar-refractivity contribution in [1.82, 2.24) is 4.98 Å². The Kier molecular flexibility index (Phi) is 6.78. The summed E-state index contributed by atoms with van der Waals surface area (Å²) in [7, 11) is 0. The van der Waals surface area contributed by atoms with Gasteiger partial charge in [0.1, 0.15) is 16.7 Å². The van der Waals surface area contributed by atoms with E-state index in [4.69, 9.17) is 13.8 Å². The molecule has 0 saturated carbocycles. The summed E-state index contributed by atoms with van der Waals surface area (Å²) in [5, 5.41) is 4.49. The van der Waals surface area contributed by atoms with Gasteiger partial charge in [0, 0.05) is 28.0 Å². The standard InChI is InChI=1S/C47H30N2O2/c1-3-11-34(12-4-1)47-48-46-43(51-47)29-28-42-45(46)41-27-22-35(30-44(41)50-42)31-18-23-37(24-19-31)49(36-14-5-2-6-15-36)38-25-20-33(21-26-38)40-17-9-13-32-10-7-8-16-39(32)40/h1-30H. The van der Waals surface area contributed by atoms with E-state index < -0.39 is 0 Å². The molecule has 0 spiro atoms. The highest BCUT2D eigenvalue weighted by molar-refractivity contribution is 6.17. The lowest BCUT2D eigenvalue weighted by Crippen LogP contribution is -2.09. The Labute approximate surface area is 294 Å². The lowest BCUT2D eigenvalue weighted by atomic mass is 9.98. The number of nitrogens with zero attached hydrogens (tertiary/aromatic N) is 2. The number of anilines is 3. The summed E-state index contributed by atoms with van der Waals surface area (Å²) >= 11 is 0.